The molecule has 69 heavy (non-hydrogen) atoms. The molecule has 0 rings (SSSR count). The lowest BCUT2D eigenvalue weighted by atomic mass is 10.0. The Balaban J connectivity index is 4.19. The summed E-state index contributed by atoms with van der Waals surface area (Å²) in [5.41, 5.74) is 0. The Kier molecular flexibility index (Phi) is 49.0. The molecule has 0 aliphatic heterocycles. The number of carbonyl (C=O) groups excluding carboxylic acids is 1. The van der Waals surface area contributed by atoms with E-state index in [0.717, 1.165) is 89.9 Å². The first-order chi connectivity index (χ1) is 33.6. The Labute approximate surface area is 424 Å². The van der Waals surface area contributed by atoms with Crippen molar-refractivity contribution in [2.45, 2.75) is 200 Å². The zero-order valence-corrected chi connectivity index (χ0v) is 45.6. The maximum atomic E-state index is 12.8. The van der Waals surface area contributed by atoms with Gasteiger partial charge in [0.15, 0.2) is 0 Å². The van der Waals surface area contributed by atoms with Gasteiger partial charge in [-0.3, -0.25) is 9.36 Å². The second-order valence-corrected chi connectivity index (χ2v) is 20.2. The number of ether oxygens (including phenoxy) is 2. The number of rotatable bonds is 49. The lowest BCUT2D eigenvalue weighted by Crippen LogP contribution is -2.37. The van der Waals surface area contributed by atoms with Crippen LogP contribution < -0.4 is 4.89 Å². The monoisotopic (exact) mass is 980 g/mol. The fourth-order valence-corrected chi connectivity index (χ4v) is 7.62. The third-order valence-electron chi connectivity index (χ3n) is 11.0. The average molecular weight is 980 g/mol. The average Bonchev–Trinajstić information content (AvgIpc) is 3.31. The normalized spacial score (nSPS) is 14.5. The fraction of sp³-hybridized carbons (Fsp3) is 0.650. The number of hydrogen-bond acceptors (Lipinski definition) is 7. The first kappa shape index (κ1) is 65.9. The number of hydrogen-bond donors (Lipinski definition) is 0. The molecule has 0 N–H and O–H groups in total. The molecule has 394 valence electrons. The van der Waals surface area contributed by atoms with E-state index in [2.05, 4.69) is 135 Å². The number of likely N-dealkylation sites (N-methyl/N-ethyl adjacent to an activating group) is 1. The maximum Gasteiger partial charge on any atom is 0.306 e. The molecule has 0 amide bonds. The third-order valence-corrected chi connectivity index (χ3v) is 12.0. The van der Waals surface area contributed by atoms with Crippen LogP contribution >= 0.6 is 7.82 Å². The molecular weight excluding hydrogens is 878 g/mol. The van der Waals surface area contributed by atoms with Crippen molar-refractivity contribution in [3.63, 3.8) is 0 Å². The van der Waals surface area contributed by atoms with Gasteiger partial charge in [0.1, 0.15) is 19.3 Å². The summed E-state index contributed by atoms with van der Waals surface area (Å²) in [6.07, 6.45) is 73.8. The summed E-state index contributed by atoms with van der Waals surface area (Å²) in [7, 11) is 1.31. The van der Waals surface area contributed by atoms with Crippen LogP contribution in [0.2, 0.25) is 0 Å². The smallest absolute Gasteiger partial charge is 0.306 e. The number of phosphoric ester groups is 1. The number of unbranched alkanes of at least 4 members (excludes halogenated alkanes) is 15. The van der Waals surface area contributed by atoms with Crippen molar-refractivity contribution in [2.24, 2.45) is 0 Å². The van der Waals surface area contributed by atoms with Crippen LogP contribution in [0.1, 0.15) is 194 Å². The van der Waals surface area contributed by atoms with E-state index in [1.807, 2.05) is 21.1 Å². The van der Waals surface area contributed by atoms with Crippen molar-refractivity contribution in [3.8, 4) is 0 Å². The number of phosphoric acid groups is 1. The van der Waals surface area contributed by atoms with E-state index in [-0.39, 0.29) is 32.2 Å². The maximum absolute atomic E-state index is 12.8. The molecule has 0 saturated heterocycles. The summed E-state index contributed by atoms with van der Waals surface area (Å²) < 4.78 is 34.7. The lowest BCUT2D eigenvalue weighted by Gasteiger charge is -2.28. The molecule has 0 saturated carbocycles. The van der Waals surface area contributed by atoms with Gasteiger partial charge in [0, 0.05) is 13.0 Å². The minimum absolute atomic E-state index is 0.0105. The van der Waals surface area contributed by atoms with Gasteiger partial charge in [0.05, 0.1) is 34.4 Å². The van der Waals surface area contributed by atoms with Gasteiger partial charge >= 0.3 is 5.97 Å². The van der Waals surface area contributed by atoms with Crippen LogP contribution in [0.4, 0.5) is 0 Å². The predicted octanol–water partition coefficient (Wildman–Crippen LogP) is 16.6. The Bertz CT molecular complexity index is 1510. The first-order valence-corrected chi connectivity index (χ1v) is 28.7. The quantitative estimate of drug-likeness (QED) is 0.0197. The molecule has 0 fully saturated rings. The van der Waals surface area contributed by atoms with E-state index >= 15 is 0 Å². The first-order valence-electron chi connectivity index (χ1n) is 27.3. The second-order valence-electron chi connectivity index (χ2n) is 18.8. The zero-order valence-electron chi connectivity index (χ0n) is 44.7. The molecule has 0 aliphatic carbocycles. The van der Waals surface area contributed by atoms with Gasteiger partial charge in [0.25, 0.3) is 7.82 Å². The standard InChI is InChI=1S/C60H102NO7P/c1-6-8-10-12-14-16-18-20-22-24-26-28-29-30-31-32-34-36-38-40-42-44-46-48-50-52-55-65-57-59(58-67-69(63,64)66-56-54-61(3,4)5)68-60(62)53-51-49-47-45-43-41-39-37-35-33-27-25-23-21-19-17-15-13-11-9-7-2/h8-11,14-17,20-23,26-28,33,37,39,43,45,59H,6-7,12-13,18-19,24-25,29-32,34-36,38,40-42,44,46-58H2,1-5H3/b10-8-,11-9-,16-14-,17-15-,22-20-,23-21-,28-26-,33-27-,39-37-,45-43-. The van der Waals surface area contributed by atoms with Crippen molar-refractivity contribution < 1.29 is 37.3 Å². The largest absolute Gasteiger partial charge is 0.756 e. The molecular formula is C60H102NO7P. The molecule has 0 heterocycles. The predicted molar refractivity (Wildman–Crippen MR) is 295 cm³/mol. The number of quaternary nitrogens is 1. The lowest BCUT2D eigenvalue weighted by molar-refractivity contribution is -0.870. The van der Waals surface area contributed by atoms with Gasteiger partial charge in [0.2, 0.25) is 0 Å². The van der Waals surface area contributed by atoms with Crippen LogP contribution in [-0.2, 0) is 27.9 Å². The van der Waals surface area contributed by atoms with Gasteiger partial charge in [-0.25, -0.2) is 0 Å². The van der Waals surface area contributed by atoms with Crippen molar-refractivity contribution in [3.05, 3.63) is 122 Å². The minimum Gasteiger partial charge on any atom is -0.756 e. The number of esters is 1. The van der Waals surface area contributed by atoms with Crippen LogP contribution in [0, 0.1) is 0 Å². The van der Waals surface area contributed by atoms with Crippen LogP contribution in [0.3, 0.4) is 0 Å². The number of allylic oxidation sites excluding steroid dienone is 20. The topological polar surface area (TPSA) is 94.1 Å². The molecule has 8 nitrogen and oxygen atoms in total. The second kappa shape index (κ2) is 51.3. The molecule has 0 aliphatic rings. The molecule has 0 spiro atoms. The van der Waals surface area contributed by atoms with Gasteiger partial charge < -0.3 is 27.9 Å². The van der Waals surface area contributed by atoms with Crippen molar-refractivity contribution in [1.82, 2.24) is 0 Å². The van der Waals surface area contributed by atoms with Crippen molar-refractivity contribution in [2.75, 3.05) is 54.1 Å². The Hall–Kier alpha value is -3.10. The molecule has 9 heteroatoms. The third kappa shape index (κ3) is 55.7. The van der Waals surface area contributed by atoms with E-state index in [1.54, 1.807) is 0 Å². The highest BCUT2D eigenvalue weighted by atomic mass is 31.2. The Morgan fingerprint density at radius 3 is 1.19 bits per heavy atom. The molecule has 0 aromatic rings. The minimum atomic E-state index is -4.56. The van der Waals surface area contributed by atoms with Gasteiger partial charge in [-0.05, 0) is 103 Å². The molecule has 0 aromatic carbocycles. The SMILES string of the molecule is CC/C=C\C/C=C\C/C=C\C/C=C\C/C=C\C/C=C\CCCCC(=O)OC(COCCCCCCCCCCCCCCC/C=C\C/C=C\C/C=C\C/C=C\CC)COP(=O)([O-])OCC[N+](C)(C)C. The number of carbonyl (C=O) groups is 1. The Morgan fingerprint density at radius 2 is 0.797 bits per heavy atom. The number of nitrogens with zero attached hydrogens (tertiary/aromatic N) is 1. The molecule has 2 unspecified atom stereocenters. The van der Waals surface area contributed by atoms with E-state index in [0.29, 0.717) is 24.1 Å². The highest BCUT2D eigenvalue weighted by Crippen LogP contribution is 2.38. The Morgan fingerprint density at radius 1 is 0.449 bits per heavy atom. The summed E-state index contributed by atoms with van der Waals surface area (Å²) in [5.74, 6) is -0.380. The van der Waals surface area contributed by atoms with E-state index in [9.17, 15) is 14.3 Å². The summed E-state index contributed by atoms with van der Waals surface area (Å²) in [6, 6.07) is 0. The van der Waals surface area contributed by atoms with Crippen LogP contribution in [0.5, 0.6) is 0 Å². The molecule has 0 radical (unpaired) electrons. The van der Waals surface area contributed by atoms with Gasteiger partial charge in [-0.2, -0.15) is 0 Å². The van der Waals surface area contributed by atoms with Crippen LogP contribution in [0.15, 0.2) is 122 Å². The summed E-state index contributed by atoms with van der Waals surface area (Å²) in [6.45, 7) is 5.10. The van der Waals surface area contributed by atoms with E-state index in [4.69, 9.17) is 18.5 Å². The van der Waals surface area contributed by atoms with Crippen molar-refractivity contribution in [1.29, 1.82) is 0 Å². The van der Waals surface area contributed by atoms with Gasteiger partial charge in [-0.1, -0.05) is 206 Å². The highest BCUT2D eigenvalue weighted by molar-refractivity contribution is 7.45. The molecule has 2 atom stereocenters. The summed E-state index contributed by atoms with van der Waals surface area (Å²) in [5, 5.41) is 0. The fourth-order valence-electron chi connectivity index (χ4n) is 6.89. The van der Waals surface area contributed by atoms with E-state index in [1.165, 1.54) is 77.0 Å². The van der Waals surface area contributed by atoms with Crippen LogP contribution in [0.25, 0.3) is 0 Å². The highest BCUT2D eigenvalue weighted by Gasteiger charge is 2.20. The summed E-state index contributed by atoms with van der Waals surface area (Å²) in [4.78, 5) is 25.2. The van der Waals surface area contributed by atoms with Gasteiger partial charge in [-0.15, -0.1) is 0 Å². The molecule has 0 bridgehead atoms. The molecule has 0 aromatic heterocycles. The van der Waals surface area contributed by atoms with E-state index < -0.39 is 13.9 Å². The zero-order chi connectivity index (χ0) is 50.5. The summed E-state index contributed by atoms with van der Waals surface area (Å²) >= 11 is 0. The van der Waals surface area contributed by atoms with Crippen molar-refractivity contribution >= 4 is 13.8 Å². The van der Waals surface area contributed by atoms with Crippen LogP contribution in [-0.4, -0.2) is 70.7 Å².